The van der Waals surface area contributed by atoms with Crippen molar-refractivity contribution in [3.8, 4) is 0 Å². The summed E-state index contributed by atoms with van der Waals surface area (Å²) in [4.78, 5) is 35.2. The van der Waals surface area contributed by atoms with Crippen molar-refractivity contribution >= 4 is 23.3 Å². The fraction of sp³-hybridized carbons (Fsp3) is 0.389. The molecule has 1 amide bonds. The van der Waals surface area contributed by atoms with Gasteiger partial charge in [-0.05, 0) is 43.5 Å². The first-order chi connectivity index (χ1) is 11.1. The van der Waals surface area contributed by atoms with E-state index in [1.54, 1.807) is 31.2 Å². The van der Waals surface area contributed by atoms with Crippen molar-refractivity contribution in [1.29, 1.82) is 0 Å². The minimum absolute atomic E-state index is 0.0838. The molecule has 5 heteroatoms. The molecule has 122 valence electrons. The van der Waals surface area contributed by atoms with Gasteiger partial charge in [0, 0.05) is 17.7 Å². The maximum Gasteiger partial charge on any atom is 0.309 e. The van der Waals surface area contributed by atoms with Gasteiger partial charge in [-0.2, -0.15) is 0 Å². The third-order valence-corrected chi connectivity index (χ3v) is 3.76. The van der Waals surface area contributed by atoms with E-state index >= 15 is 0 Å². The van der Waals surface area contributed by atoms with Crippen molar-refractivity contribution < 1.29 is 19.1 Å². The molecule has 0 aromatic heterocycles. The molecule has 0 saturated heterocycles. The molecule has 0 fully saturated rings. The summed E-state index contributed by atoms with van der Waals surface area (Å²) < 4.78 is 5.12. The highest BCUT2D eigenvalue weighted by Gasteiger charge is 2.21. The number of carbonyl (C=O) groups is 3. The Bertz CT molecular complexity index is 604. The first-order valence-corrected chi connectivity index (χ1v) is 7.85. The quantitative estimate of drug-likeness (QED) is 0.497. The Morgan fingerprint density at radius 1 is 1.17 bits per heavy atom. The van der Waals surface area contributed by atoms with Crippen LogP contribution in [0.5, 0.6) is 0 Å². The number of benzene rings is 1. The number of allylic oxidation sites excluding steroid dienone is 2. The topological polar surface area (TPSA) is 72.5 Å². The average Bonchev–Trinajstić information content (AvgIpc) is 2.60. The van der Waals surface area contributed by atoms with E-state index in [1.165, 1.54) is 0 Å². The van der Waals surface area contributed by atoms with Gasteiger partial charge >= 0.3 is 5.97 Å². The molecule has 0 aliphatic heterocycles. The van der Waals surface area contributed by atoms with E-state index in [0.717, 1.165) is 12.8 Å². The van der Waals surface area contributed by atoms with Crippen LogP contribution in [0.3, 0.4) is 0 Å². The van der Waals surface area contributed by atoms with Crippen molar-refractivity contribution in [2.24, 2.45) is 5.92 Å². The summed E-state index contributed by atoms with van der Waals surface area (Å²) in [6.45, 7) is 1.52. The Labute approximate surface area is 135 Å². The number of Topliss-reactive ketones (excluding diaryl/α,β-unsaturated/α-hetero) is 1. The Hall–Kier alpha value is -2.43. The summed E-state index contributed by atoms with van der Waals surface area (Å²) in [5.74, 6) is -0.786. The monoisotopic (exact) mass is 315 g/mol. The zero-order chi connectivity index (χ0) is 16.7. The molecule has 0 spiro atoms. The molecule has 0 heterocycles. The van der Waals surface area contributed by atoms with Crippen LogP contribution >= 0.6 is 0 Å². The number of hydrogen-bond acceptors (Lipinski definition) is 4. The van der Waals surface area contributed by atoms with E-state index in [4.69, 9.17) is 4.74 Å². The maximum absolute atomic E-state index is 12.0. The Balaban J connectivity index is 1.84. The molecule has 1 N–H and O–H groups in total. The van der Waals surface area contributed by atoms with Gasteiger partial charge in [0.05, 0.1) is 5.92 Å². The summed E-state index contributed by atoms with van der Waals surface area (Å²) in [5.41, 5.74) is 1.09. The number of esters is 1. The summed E-state index contributed by atoms with van der Waals surface area (Å²) in [6.07, 6.45) is 6.74. The minimum Gasteiger partial charge on any atom is -0.457 e. The molecule has 2 rings (SSSR count). The number of hydrogen-bond donors (Lipinski definition) is 1. The highest BCUT2D eigenvalue weighted by molar-refractivity contribution is 5.98. The Morgan fingerprint density at radius 3 is 2.52 bits per heavy atom. The molecule has 1 aromatic carbocycles. The van der Waals surface area contributed by atoms with Crippen LogP contribution < -0.4 is 5.32 Å². The summed E-state index contributed by atoms with van der Waals surface area (Å²) in [6, 6.07) is 6.55. The molecule has 0 unspecified atom stereocenters. The second-order valence-electron chi connectivity index (χ2n) is 5.49. The fourth-order valence-corrected chi connectivity index (χ4v) is 2.33. The lowest BCUT2D eigenvalue weighted by atomic mass is 9.95. The number of ketones is 1. The van der Waals surface area contributed by atoms with Gasteiger partial charge in [-0.25, -0.2) is 0 Å². The SMILES string of the molecule is CCC(=O)Nc1ccc(C(=O)COC(=O)[C@H]2CC=CCC2)cc1. The summed E-state index contributed by atoms with van der Waals surface area (Å²) >= 11 is 0. The first kappa shape index (κ1) is 16.9. The Kier molecular flexibility index (Phi) is 6.09. The van der Waals surface area contributed by atoms with Gasteiger partial charge in [0.1, 0.15) is 0 Å². The predicted octanol–water partition coefficient (Wildman–Crippen LogP) is 3.12. The molecule has 0 saturated carbocycles. The first-order valence-electron chi connectivity index (χ1n) is 7.85. The van der Waals surface area contributed by atoms with E-state index in [9.17, 15) is 14.4 Å². The highest BCUT2D eigenvalue weighted by Crippen LogP contribution is 2.19. The smallest absolute Gasteiger partial charge is 0.309 e. The van der Waals surface area contributed by atoms with Crippen LogP contribution in [0.15, 0.2) is 36.4 Å². The van der Waals surface area contributed by atoms with Crippen LogP contribution in [0, 0.1) is 5.92 Å². The van der Waals surface area contributed by atoms with Crippen LogP contribution in [-0.2, 0) is 14.3 Å². The molecular weight excluding hydrogens is 294 g/mol. The van der Waals surface area contributed by atoms with Crippen molar-refractivity contribution in [3.63, 3.8) is 0 Å². The molecule has 1 aliphatic carbocycles. The number of rotatable bonds is 6. The average molecular weight is 315 g/mol. The second kappa shape index (κ2) is 8.27. The lowest BCUT2D eigenvalue weighted by Crippen LogP contribution is -2.22. The number of anilines is 1. The van der Waals surface area contributed by atoms with Crippen LogP contribution in [0.25, 0.3) is 0 Å². The standard InChI is InChI=1S/C18H21NO4/c1-2-17(21)19-15-10-8-13(9-11-15)16(20)12-23-18(22)14-6-4-3-5-7-14/h3-4,8-11,14H,2,5-7,12H2,1H3,(H,19,21)/t14-/m0/s1. The van der Waals surface area contributed by atoms with Crippen molar-refractivity contribution in [2.45, 2.75) is 32.6 Å². The number of ether oxygens (including phenoxy) is 1. The van der Waals surface area contributed by atoms with Crippen LogP contribution in [0.4, 0.5) is 5.69 Å². The van der Waals surface area contributed by atoms with Gasteiger partial charge in [0.25, 0.3) is 0 Å². The molecule has 0 radical (unpaired) electrons. The van der Waals surface area contributed by atoms with Gasteiger partial charge in [0.15, 0.2) is 12.4 Å². The van der Waals surface area contributed by atoms with E-state index < -0.39 is 0 Å². The van der Waals surface area contributed by atoms with Gasteiger partial charge in [-0.1, -0.05) is 19.1 Å². The lowest BCUT2D eigenvalue weighted by molar-refractivity contribution is -0.147. The number of nitrogens with one attached hydrogen (secondary N) is 1. The third kappa shape index (κ3) is 5.06. The molecule has 0 bridgehead atoms. The van der Waals surface area contributed by atoms with Crippen molar-refractivity contribution in [2.75, 3.05) is 11.9 Å². The normalized spacial score (nSPS) is 16.7. The van der Waals surface area contributed by atoms with E-state index in [-0.39, 0.29) is 30.2 Å². The van der Waals surface area contributed by atoms with Gasteiger partial charge in [-0.3, -0.25) is 14.4 Å². The van der Waals surface area contributed by atoms with Crippen molar-refractivity contribution in [1.82, 2.24) is 0 Å². The molecule has 1 atom stereocenters. The minimum atomic E-state index is -0.311. The predicted molar refractivity (Wildman–Crippen MR) is 87.1 cm³/mol. The highest BCUT2D eigenvalue weighted by atomic mass is 16.5. The van der Waals surface area contributed by atoms with Crippen LogP contribution in [0.1, 0.15) is 43.0 Å². The molecular formula is C18H21NO4. The number of carbonyl (C=O) groups excluding carboxylic acids is 3. The number of amides is 1. The van der Waals surface area contributed by atoms with Crippen molar-refractivity contribution in [3.05, 3.63) is 42.0 Å². The van der Waals surface area contributed by atoms with E-state index in [1.807, 2.05) is 12.2 Å². The molecule has 1 aromatic rings. The Morgan fingerprint density at radius 2 is 1.91 bits per heavy atom. The van der Waals surface area contributed by atoms with Gasteiger partial charge < -0.3 is 10.1 Å². The van der Waals surface area contributed by atoms with Gasteiger partial charge in [0.2, 0.25) is 5.91 Å². The van der Waals surface area contributed by atoms with E-state index in [0.29, 0.717) is 24.1 Å². The van der Waals surface area contributed by atoms with Crippen LogP contribution in [-0.4, -0.2) is 24.3 Å². The zero-order valence-electron chi connectivity index (χ0n) is 13.2. The molecule has 23 heavy (non-hydrogen) atoms. The zero-order valence-corrected chi connectivity index (χ0v) is 13.2. The fourth-order valence-electron chi connectivity index (χ4n) is 2.33. The summed E-state index contributed by atoms with van der Waals surface area (Å²) in [7, 11) is 0. The molecule has 5 nitrogen and oxygen atoms in total. The van der Waals surface area contributed by atoms with E-state index in [2.05, 4.69) is 5.32 Å². The third-order valence-electron chi connectivity index (χ3n) is 3.76. The largest absolute Gasteiger partial charge is 0.457 e. The maximum atomic E-state index is 12.0. The summed E-state index contributed by atoms with van der Waals surface area (Å²) in [5, 5.41) is 2.71. The molecule has 1 aliphatic rings. The second-order valence-corrected chi connectivity index (χ2v) is 5.49. The van der Waals surface area contributed by atoms with Gasteiger partial charge in [-0.15, -0.1) is 0 Å². The van der Waals surface area contributed by atoms with Crippen LogP contribution in [0.2, 0.25) is 0 Å². The lowest BCUT2D eigenvalue weighted by Gasteiger charge is -2.16.